The summed E-state index contributed by atoms with van der Waals surface area (Å²) in [7, 11) is 0. The van der Waals surface area contributed by atoms with E-state index >= 15 is 0 Å². The summed E-state index contributed by atoms with van der Waals surface area (Å²) < 4.78 is 7.49. The molecule has 2 aromatic rings. The van der Waals surface area contributed by atoms with Gasteiger partial charge in [0.05, 0.1) is 18.0 Å². The van der Waals surface area contributed by atoms with Gasteiger partial charge in [-0.3, -0.25) is 4.68 Å². The van der Waals surface area contributed by atoms with E-state index in [9.17, 15) is 0 Å². The summed E-state index contributed by atoms with van der Waals surface area (Å²) >= 11 is 0. The van der Waals surface area contributed by atoms with Crippen LogP contribution in [0.4, 0.5) is 0 Å². The second kappa shape index (κ2) is 4.71. The van der Waals surface area contributed by atoms with Crippen LogP contribution in [-0.4, -0.2) is 9.78 Å². The molecule has 17 heavy (non-hydrogen) atoms. The molecule has 0 spiro atoms. The SMILES string of the molecule is CCn1cc(Oc2c(C)cccc2C#N)cn1. The first-order valence-corrected chi connectivity index (χ1v) is 5.44. The maximum atomic E-state index is 9.02. The van der Waals surface area contributed by atoms with Crippen molar-refractivity contribution in [2.24, 2.45) is 0 Å². The molecule has 86 valence electrons. The summed E-state index contributed by atoms with van der Waals surface area (Å²) in [6.07, 6.45) is 3.46. The number of hydrogen-bond acceptors (Lipinski definition) is 3. The quantitative estimate of drug-likeness (QED) is 0.810. The normalized spacial score (nSPS) is 9.94. The zero-order chi connectivity index (χ0) is 12.3. The van der Waals surface area contributed by atoms with Gasteiger partial charge in [0.2, 0.25) is 0 Å². The van der Waals surface area contributed by atoms with Crippen molar-refractivity contribution in [1.29, 1.82) is 5.26 Å². The van der Waals surface area contributed by atoms with Crippen molar-refractivity contribution in [3.8, 4) is 17.6 Å². The van der Waals surface area contributed by atoms with E-state index in [2.05, 4.69) is 11.2 Å². The smallest absolute Gasteiger partial charge is 0.165 e. The third-order valence-corrected chi connectivity index (χ3v) is 2.49. The molecule has 0 radical (unpaired) electrons. The molecule has 1 heterocycles. The summed E-state index contributed by atoms with van der Waals surface area (Å²) in [5.74, 6) is 1.25. The Morgan fingerprint density at radius 3 is 2.94 bits per heavy atom. The molecule has 4 heteroatoms. The minimum atomic E-state index is 0.536. The molecule has 0 atom stereocenters. The molecule has 0 fully saturated rings. The molecule has 0 unspecified atom stereocenters. The Morgan fingerprint density at radius 2 is 2.29 bits per heavy atom. The van der Waals surface area contributed by atoms with Crippen LogP contribution >= 0.6 is 0 Å². The molecule has 1 aromatic carbocycles. The number of ether oxygens (including phenoxy) is 1. The first-order valence-electron chi connectivity index (χ1n) is 5.44. The van der Waals surface area contributed by atoms with Crippen LogP contribution < -0.4 is 4.74 Å². The Balaban J connectivity index is 2.33. The van der Waals surface area contributed by atoms with Crippen molar-refractivity contribution in [3.05, 3.63) is 41.7 Å². The van der Waals surface area contributed by atoms with E-state index in [-0.39, 0.29) is 0 Å². The average molecular weight is 227 g/mol. The van der Waals surface area contributed by atoms with Crippen LogP contribution in [-0.2, 0) is 6.54 Å². The fourth-order valence-electron chi connectivity index (χ4n) is 1.56. The van der Waals surface area contributed by atoms with E-state index in [0.29, 0.717) is 17.1 Å². The molecule has 0 saturated heterocycles. The van der Waals surface area contributed by atoms with Gasteiger partial charge in [0.15, 0.2) is 5.75 Å². The van der Waals surface area contributed by atoms with Gasteiger partial charge in [0.1, 0.15) is 11.8 Å². The molecule has 0 saturated carbocycles. The second-order valence-corrected chi connectivity index (χ2v) is 3.70. The van der Waals surface area contributed by atoms with Crippen molar-refractivity contribution in [2.45, 2.75) is 20.4 Å². The lowest BCUT2D eigenvalue weighted by atomic mass is 10.1. The van der Waals surface area contributed by atoms with Crippen LogP contribution in [0.5, 0.6) is 11.5 Å². The highest BCUT2D eigenvalue weighted by Crippen LogP contribution is 2.28. The van der Waals surface area contributed by atoms with E-state index in [1.807, 2.05) is 32.2 Å². The van der Waals surface area contributed by atoms with E-state index < -0.39 is 0 Å². The van der Waals surface area contributed by atoms with E-state index in [1.54, 1.807) is 16.9 Å². The van der Waals surface area contributed by atoms with Gasteiger partial charge in [0.25, 0.3) is 0 Å². The van der Waals surface area contributed by atoms with Crippen LogP contribution in [0.15, 0.2) is 30.6 Å². The molecule has 0 aliphatic heterocycles. The molecule has 0 aliphatic rings. The molecule has 0 aliphatic carbocycles. The maximum Gasteiger partial charge on any atom is 0.165 e. The summed E-state index contributed by atoms with van der Waals surface area (Å²) in [5, 5.41) is 13.1. The topological polar surface area (TPSA) is 50.8 Å². The van der Waals surface area contributed by atoms with Gasteiger partial charge < -0.3 is 4.74 Å². The number of aromatic nitrogens is 2. The van der Waals surface area contributed by atoms with Crippen LogP contribution in [0, 0.1) is 18.3 Å². The molecular formula is C13H13N3O. The first-order chi connectivity index (χ1) is 8.24. The standard InChI is InChI=1S/C13H13N3O/c1-3-16-9-12(8-15-16)17-13-10(2)5-4-6-11(13)7-14/h4-6,8-9H,3H2,1-2H3. The number of hydrogen-bond donors (Lipinski definition) is 0. The highest BCUT2D eigenvalue weighted by molar-refractivity contribution is 5.49. The Morgan fingerprint density at radius 1 is 1.47 bits per heavy atom. The van der Waals surface area contributed by atoms with Gasteiger partial charge in [0, 0.05) is 6.54 Å². The zero-order valence-corrected chi connectivity index (χ0v) is 9.84. The van der Waals surface area contributed by atoms with Crippen LogP contribution in [0.25, 0.3) is 0 Å². The Hall–Kier alpha value is -2.28. The Labute approximate surface area is 100 Å². The minimum Gasteiger partial charge on any atom is -0.452 e. The molecule has 2 rings (SSSR count). The van der Waals surface area contributed by atoms with Gasteiger partial charge in [-0.15, -0.1) is 0 Å². The summed E-state index contributed by atoms with van der Waals surface area (Å²) in [6, 6.07) is 7.63. The van der Waals surface area contributed by atoms with E-state index in [0.717, 1.165) is 12.1 Å². The van der Waals surface area contributed by atoms with Crippen molar-refractivity contribution < 1.29 is 4.74 Å². The fourth-order valence-corrected chi connectivity index (χ4v) is 1.56. The van der Waals surface area contributed by atoms with E-state index in [4.69, 9.17) is 10.00 Å². The average Bonchev–Trinajstić information content (AvgIpc) is 2.79. The lowest BCUT2D eigenvalue weighted by molar-refractivity contribution is 0.476. The third kappa shape index (κ3) is 2.28. The highest BCUT2D eigenvalue weighted by atomic mass is 16.5. The van der Waals surface area contributed by atoms with Crippen LogP contribution in [0.3, 0.4) is 0 Å². The third-order valence-electron chi connectivity index (χ3n) is 2.49. The van der Waals surface area contributed by atoms with Crippen molar-refractivity contribution >= 4 is 0 Å². The molecule has 0 N–H and O–H groups in total. The predicted octanol–water partition coefficient (Wildman–Crippen LogP) is 2.88. The number of para-hydroxylation sites is 1. The number of benzene rings is 1. The fraction of sp³-hybridized carbons (Fsp3) is 0.231. The largest absolute Gasteiger partial charge is 0.452 e. The zero-order valence-electron chi connectivity index (χ0n) is 9.84. The van der Waals surface area contributed by atoms with Gasteiger partial charge >= 0.3 is 0 Å². The molecule has 1 aromatic heterocycles. The number of nitrogens with zero attached hydrogens (tertiary/aromatic N) is 3. The summed E-state index contributed by atoms with van der Waals surface area (Å²) in [6.45, 7) is 4.72. The maximum absolute atomic E-state index is 9.02. The van der Waals surface area contributed by atoms with Gasteiger partial charge in [-0.2, -0.15) is 10.4 Å². The van der Waals surface area contributed by atoms with Crippen molar-refractivity contribution in [3.63, 3.8) is 0 Å². The van der Waals surface area contributed by atoms with Crippen LogP contribution in [0.1, 0.15) is 18.1 Å². The molecule has 4 nitrogen and oxygen atoms in total. The van der Waals surface area contributed by atoms with Gasteiger partial charge in [-0.05, 0) is 25.5 Å². The molecular weight excluding hydrogens is 214 g/mol. The molecule has 0 amide bonds. The minimum absolute atomic E-state index is 0.536. The predicted molar refractivity (Wildman–Crippen MR) is 63.9 cm³/mol. The second-order valence-electron chi connectivity index (χ2n) is 3.70. The van der Waals surface area contributed by atoms with Crippen molar-refractivity contribution in [2.75, 3.05) is 0 Å². The lowest BCUT2D eigenvalue weighted by Gasteiger charge is -2.07. The first kappa shape index (κ1) is 11.2. The monoisotopic (exact) mass is 227 g/mol. The van der Waals surface area contributed by atoms with Crippen molar-refractivity contribution in [1.82, 2.24) is 9.78 Å². The number of rotatable bonds is 3. The summed E-state index contributed by atoms with van der Waals surface area (Å²) in [5.41, 5.74) is 1.47. The highest BCUT2D eigenvalue weighted by Gasteiger charge is 2.08. The van der Waals surface area contributed by atoms with Crippen LogP contribution in [0.2, 0.25) is 0 Å². The van der Waals surface area contributed by atoms with Gasteiger partial charge in [-0.1, -0.05) is 12.1 Å². The summed E-state index contributed by atoms with van der Waals surface area (Å²) in [4.78, 5) is 0. The number of aryl methyl sites for hydroxylation is 2. The van der Waals surface area contributed by atoms with E-state index in [1.165, 1.54) is 0 Å². The lowest BCUT2D eigenvalue weighted by Crippen LogP contribution is -1.93. The number of nitriles is 1. The molecule has 0 bridgehead atoms. The Kier molecular flexibility index (Phi) is 3.10. The van der Waals surface area contributed by atoms with Gasteiger partial charge in [-0.25, -0.2) is 0 Å². The Bertz CT molecular complexity index is 566.